The van der Waals surface area contributed by atoms with E-state index in [1.807, 2.05) is 0 Å². The molecule has 1 N–H and O–H groups in total. The highest BCUT2D eigenvalue weighted by Crippen LogP contribution is 2.16. The normalized spacial score (nSPS) is 17.8. The van der Waals surface area contributed by atoms with Gasteiger partial charge in [0.1, 0.15) is 0 Å². The number of amides is 1. The maximum atomic E-state index is 13.4. The van der Waals surface area contributed by atoms with Gasteiger partial charge in [0.15, 0.2) is 11.6 Å². The molecule has 0 unspecified atom stereocenters. The van der Waals surface area contributed by atoms with Crippen molar-refractivity contribution < 1.29 is 28.6 Å². The minimum Gasteiger partial charge on any atom is -0.491 e. The largest absolute Gasteiger partial charge is 0.491 e. The number of para-hydroxylation sites is 1. The Morgan fingerprint density at radius 1 is 1.39 bits per heavy atom. The van der Waals surface area contributed by atoms with E-state index in [1.165, 1.54) is 12.1 Å². The summed E-state index contributed by atoms with van der Waals surface area (Å²) >= 11 is 0. The summed E-state index contributed by atoms with van der Waals surface area (Å²) in [5, 5.41) is 8.76. The van der Waals surface area contributed by atoms with Crippen molar-refractivity contribution in [1.82, 2.24) is 4.90 Å². The van der Waals surface area contributed by atoms with Crippen molar-refractivity contribution >= 4 is 11.9 Å². The summed E-state index contributed by atoms with van der Waals surface area (Å²) in [6.45, 7) is 1.34. The van der Waals surface area contributed by atoms with Crippen LogP contribution >= 0.6 is 0 Å². The van der Waals surface area contributed by atoms with Crippen LogP contribution in [0.3, 0.4) is 0 Å². The van der Waals surface area contributed by atoms with Crippen LogP contribution in [0.4, 0.5) is 4.39 Å². The number of rotatable bonds is 7. The summed E-state index contributed by atoms with van der Waals surface area (Å²) in [5.41, 5.74) is 0. The Morgan fingerprint density at radius 2 is 2.17 bits per heavy atom. The predicted molar refractivity (Wildman–Crippen MR) is 79.7 cm³/mol. The average Bonchev–Trinajstić information content (AvgIpc) is 2.52. The molecule has 1 aromatic carbocycles. The van der Waals surface area contributed by atoms with E-state index < -0.39 is 17.9 Å². The van der Waals surface area contributed by atoms with Gasteiger partial charge in [-0.15, -0.1) is 0 Å². The molecule has 1 saturated heterocycles. The summed E-state index contributed by atoms with van der Waals surface area (Å²) in [7, 11) is 0. The maximum absolute atomic E-state index is 13.4. The number of morpholine rings is 1. The van der Waals surface area contributed by atoms with Crippen LogP contribution in [0.5, 0.6) is 5.75 Å². The van der Waals surface area contributed by atoms with E-state index in [2.05, 4.69) is 0 Å². The van der Waals surface area contributed by atoms with Crippen LogP contribution in [0.15, 0.2) is 24.3 Å². The van der Waals surface area contributed by atoms with Gasteiger partial charge in [0.2, 0.25) is 5.91 Å². The molecule has 1 amide bonds. The number of carboxylic acid groups (broad SMARTS) is 1. The van der Waals surface area contributed by atoms with E-state index in [9.17, 15) is 14.0 Å². The molecule has 0 radical (unpaired) electrons. The summed E-state index contributed by atoms with van der Waals surface area (Å²) < 4.78 is 24.0. The van der Waals surface area contributed by atoms with Crippen LogP contribution in [0.2, 0.25) is 0 Å². The molecule has 0 saturated carbocycles. The number of hydrogen-bond donors (Lipinski definition) is 1. The van der Waals surface area contributed by atoms with Crippen LogP contribution in [0.1, 0.15) is 19.3 Å². The van der Waals surface area contributed by atoms with Crippen molar-refractivity contribution in [3.05, 3.63) is 30.1 Å². The highest BCUT2D eigenvalue weighted by Gasteiger charge is 2.25. The van der Waals surface area contributed by atoms with Gasteiger partial charge in [-0.2, -0.15) is 0 Å². The van der Waals surface area contributed by atoms with E-state index in [1.54, 1.807) is 17.0 Å². The lowest BCUT2D eigenvalue weighted by molar-refractivity contribution is -0.147. The minimum atomic E-state index is -0.942. The monoisotopic (exact) mass is 325 g/mol. The lowest BCUT2D eigenvalue weighted by Crippen LogP contribution is -2.46. The van der Waals surface area contributed by atoms with Crippen molar-refractivity contribution in [2.45, 2.75) is 25.4 Å². The number of benzene rings is 1. The Morgan fingerprint density at radius 3 is 2.91 bits per heavy atom. The molecule has 0 spiro atoms. The number of carbonyl (C=O) groups excluding carboxylic acids is 1. The first-order valence-corrected chi connectivity index (χ1v) is 7.55. The fourth-order valence-corrected chi connectivity index (χ4v) is 2.39. The van der Waals surface area contributed by atoms with Crippen molar-refractivity contribution in [2.24, 2.45) is 0 Å². The molecule has 1 atom stereocenters. The molecule has 0 aromatic heterocycles. The van der Waals surface area contributed by atoms with Crippen LogP contribution in [0.25, 0.3) is 0 Å². The molecule has 1 aliphatic heterocycles. The number of carbonyl (C=O) groups is 2. The predicted octanol–water partition coefficient (Wildman–Crippen LogP) is 1.69. The second-order valence-electron chi connectivity index (χ2n) is 5.31. The molecule has 23 heavy (non-hydrogen) atoms. The minimum absolute atomic E-state index is 0.0687. The lowest BCUT2D eigenvalue weighted by atomic mass is 10.2. The van der Waals surface area contributed by atoms with E-state index in [4.69, 9.17) is 14.6 Å². The molecule has 6 nitrogen and oxygen atoms in total. The van der Waals surface area contributed by atoms with E-state index in [0.29, 0.717) is 26.1 Å². The van der Waals surface area contributed by atoms with Gasteiger partial charge in [-0.05, 0) is 18.6 Å². The number of aliphatic carboxylic acids is 1. The quantitative estimate of drug-likeness (QED) is 0.772. The molecule has 0 bridgehead atoms. The maximum Gasteiger partial charge on any atom is 0.306 e. The first kappa shape index (κ1) is 17.2. The molecule has 126 valence electrons. The van der Waals surface area contributed by atoms with Crippen LogP contribution in [-0.2, 0) is 14.3 Å². The smallest absolute Gasteiger partial charge is 0.306 e. The molecular weight excluding hydrogens is 305 g/mol. The summed E-state index contributed by atoms with van der Waals surface area (Å²) in [6.07, 6.45) is 0.169. The molecular formula is C16H20FNO5. The number of nitrogens with zero attached hydrogens (tertiary/aromatic N) is 1. The number of ether oxygens (including phenoxy) is 2. The third-order valence-corrected chi connectivity index (χ3v) is 3.52. The highest BCUT2D eigenvalue weighted by molar-refractivity contribution is 5.76. The standard InChI is InChI=1S/C16H20FNO5/c17-13-4-1-2-5-14(13)23-8-3-6-15(19)18-7-9-22-12(11-18)10-16(20)21/h1-2,4-5,12H,3,6-11H2,(H,20,21)/t12-/m0/s1. The third kappa shape index (κ3) is 5.52. The Labute approximate surface area is 133 Å². The first-order valence-electron chi connectivity index (χ1n) is 7.55. The SMILES string of the molecule is O=C(O)C[C@H]1CN(C(=O)CCCOc2ccccc2F)CCO1. The van der Waals surface area contributed by atoms with Gasteiger partial charge in [-0.1, -0.05) is 12.1 Å². The van der Waals surface area contributed by atoms with E-state index in [-0.39, 0.29) is 31.1 Å². The summed E-state index contributed by atoms with van der Waals surface area (Å²) in [4.78, 5) is 24.4. The molecule has 7 heteroatoms. The van der Waals surface area contributed by atoms with E-state index in [0.717, 1.165) is 0 Å². The van der Waals surface area contributed by atoms with Gasteiger partial charge in [0, 0.05) is 19.5 Å². The third-order valence-electron chi connectivity index (χ3n) is 3.52. The molecule has 2 rings (SSSR count). The van der Waals surface area contributed by atoms with Crippen LogP contribution in [-0.4, -0.2) is 54.3 Å². The molecule has 1 heterocycles. The Bertz CT molecular complexity index is 551. The van der Waals surface area contributed by atoms with Crippen LogP contribution in [0, 0.1) is 5.82 Å². The van der Waals surface area contributed by atoms with Crippen molar-refractivity contribution in [3.63, 3.8) is 0 Å². The van der Waals surface area contributed by atoms with Crippen molar-refractivity contribution in [3.8, 4) is 5.75 Å². The first-order chi connectivity index (χ1) is 11.1. The number of carboxylic acids is 1. The Balaban J connectivity index is 1.70. The van der Waals surface area contributed by atoms with Gasteiger partial charge in [0.05, 0.1) is 25.7 Å². The zero-order valence-electron chi connectivity index (χ0n) is 12.7. The van der Waals surface area contributed by atoms with Gasteiger partial charge >= 0.3 is 5.97 Å². The average molecular weight is 325 g/mol. The Hall–Kier alpha value is -2.15. The Kier molecular flexibility index (Phi) is 6.34. The number of hydrogen-bond acceptors (Lipinski definition) is 4. The van der Waals surface area contributed by atoms with Gasteiger partial charge in [-0.25, -0.2) is 4.39 Å². The molecule has 0 aliphatic carbocycles. The summed E-state index contributed by atoms with van der Waals surface area (Å²) in [6, 6.07) is 6.12. The zero-order valence-corrected chi connectivity index (χ0v) is 12.7. The molecule has 1 aliphatic rings. The van der Waals surface area contributed by atoms with Gasteiger partial charge in [-0.3, -0.25) is 9.59 Å². The zero-order chi connectivity index (χ0) is 16.7. The van der Waals surface area contributed by atoms with Gasteiger partial charge in [0.25, 0.3) is 0 Å². The topological polar surface area (TPSA) is 76.1 Å². The van der Waals surface area contributed by atoms with E-state index >= 15 is 0 Å². The second-order valence-corrected chi connectivity index (χ2v) is 5.31. The molecule has 1 aromatic rings. The second kappa shape index (κ2) is 8.47. The fraction of sp³-hybridized carbons (Fsp3) is 0.500. The molecule has 1 fully saturated rings. The van der Waals surface area contributed by atoms with Crippen LogP contribution < -0.4 is 4.74 Å². The highest BCUT2D eigenvalue weighted by atomic mass is 19.1. The lowest BCUT2D eigenvalue weighted by Gasteiger charge is -2.32. The van der Waals surface area contributed by atoms with Gasteiger partial charge < -0.3 is 19.5 Å². The number of halogens is 1. The summed E-state index contributed by atoms with van der Waals surface area (Å²) in [5.74, 6) is -1.26. The van der Waals surface area contributed by atoms with Crippen molar-refractivity contribution in [1.29, 1.82) is 0 Å². The van der Waals surface area contributed by atoms with Crippen molar-refractivity contribution in [2.75, 3.05) is 26.3 Å². The fourth-order valence-electron chi connectivity index (χ4n) is 2.39.